The van der Waals surface area contributed by atoms with Crippen molar-refractivity contribution < 1.29 is 22.4 Å². The number of piperidine rings is 1. The Hall–Kier alpha value is -2.73. The third-order valence-electron chi connectivity index (χ3n) is 4.48. The van der Waals surface area contributed by atoms with E-state index in [9.17, 15) is 22.4 Å². The Morgan fingerprint density at radius 2 is 1.29 bits per heavy atom. The first kappa shape index (κ1) is 20.0. The van der Waals surface area contributed by atoms with Gasteiger partial charge in [-0.3, -0.25) is 9.69 Å². The molecule has 0 unspecified atom stereocenters. The molecule has 0 bridgehead atoms. The number of carbonyl (C=O) groups excluding carboxylic acids is 1. The zero-order valence-electron chi connectivity index (χ0n) is 15.3. The molecule has 0 N–H and O–H groups in total. The monoisotopic (exact) mass is 389 g/mol. The Balaban J connectivity index is 1.97. The predicted octanol–water partition coefficient (Wildman–Crippen LogP) is 5.00. The molecule has 0 radical (unpaired) electrons. The van der Waals surface area contributed by atoms with Gasteiger partial charge in [0.1, 0.15) is 0 Å². The van der Waals surface area contributed by atoms with Crippen LogP contribution in [-0.2, 0) is 4.79 Å². The Kier molecular flexibility index (Phi) is 6.09. The Labute approximate surface area is 160 Å². The van der Waals surface area contributed by atoms with Crippen molar-refractivity contribution in [1.82, 2.24) is 4.90 Å². The van der Waals surface area contributed by atoms with Gasteiger partial charge in [0.25, 0.3) is 0 Å². The van der Waals surface area contributed by atoms with E-state index >= 15 is 0 Å². The fraction of sp³-hybridized carbons (Fsp3) is 0.227. The van der Waals surface area contributed by atoms with Crippen molar-refractivity contribution >= 4 is 17.9 Å². The number of carbonyl (C=O) groups is 1. The highest BCUT2D eigenvalue weighted by Crippen LogP contribution is 2.23. The second kappa shape index (κ2) is 8.52. The Morgan fingerprint density at radius 3 is 1.68 bits per heavy atom. The minimum absolute atomic E-state index is 0.248. The van der Waals surface area contributed by atoms with Crippen LogP contribution in [0.1, 0.15) is 24.5 Å². The zero-order valence-corrected chi connectivity index (χ0v) is 15.3. The van der Waals surface area contributed by atoms with Gasteiger partial charge in [-0.25, -0.2) is 17.6 Å². The zero-order chi connectivity index (χ0) is 20.3. The summed E-state index contributed by atoms with van der Waals surface area (Å²) in [6.07, 6.45) is 3.93. The second-order valence-corrected chi connectivity index (χ2v) is 6.73. The fourth-order valence-corrected chi connectivity index (χ4v) is 3.19. The van der Waals surface area contributed by atoms with Crippen LogP contribution in [0.3, 0.4) is 0 Å². The van der Waals surface area contributed by atoms with Gasteiger partial charge in [0, 0.05) is 24.2 Å². The second-order valence-electron chi connectivity index (χ2n) is 6.73. The van der Waals surface area contributed by atoms with Crippen molar-refractivity contribution in [2.24, 2.45) is 0 Å². The van der Waals surface area contributed by atoms with E-state index in [0.29, 0.717) is 35.4 Å². The number of hydrogen-bond donors (Lipinski definition) is 0. The normalized spacial score (nSPS) is 18.2. The molecule has 1 fully saturated rings. The van der Waals surface area contributed by atoms with Crippen LogP contribution in [0.25, 0.3) is 12.2 Å². The van der Waals surface area contributed by atoms with Crippen LogP contribution in [0.4, 0.5) is 17.6 Å². The maximum absolute atomic E-state index is 13.5. The number of halogens is 4. The van der Waals surface area contributed by atoms with E-state index in [-0.39, 0.29) is 5.78 Å². The van der Waals surface area contributed by atoms with Crippen LogP contribution in [0.15, 0.2) is 47.5 Å². The van der Waals surface area contributed by atoms with Gasteiger partial charge in [-0.05, 0) is 60.5 Å². The molecule has 1 saturated heterocycles. The van der Waals surface area contributed by atoms with Crippen molar-refractivity contribution in [2.75, 3.05) is 19.6 Å². The number of ketones is 1. The number of hydrogen-bond acceptors (Lipinski definition) is 2. The molecule has 0 aliphatic carbocycles. The van der Waals surface area contributed by atoms with Gasteiger partial charge in [0.05, 0.1) is 0 Å². The van der Waals surface area contributed by atoms with Crippen LogP contribution < -0.4 is 0 Å². The minimum Gasteiger partial charge on any atom is -0.295 e. The summed E-state index contributed by atoms with van der Waals surface area (Å²) < 4.78 is 53.3. The summed E-state index contributed by atoms with van der Waals surface area (Å²) in [5.74, 6) is -4.13. The number of Topliss-reactive ketones (excluding diaryl/α,β-unsaturated/α-hetero) is 1. The molecule has 2 aromatic rings. The lowest BCUT2D eigenvalue weighted by Crippen LogP contribution is -2.38. The lowest BCUT2D eigenvalue weighted by atomic mass is 9.94. The summed E-state index contributed by atoms with van der Waals surface area (Å²) >= 11 is 0. The summed E-state index contributed by atoms with van der Waals surface area (Å²) in [5, 5.41) is 0. The van der Waals surface area contributed by atoms with Gasteiger partial charge < -0.3 is 0 Å². The molecule has 0 saturated carbocycles. The maximum Gasteiger partial charge on any atom is 0.187 e. The number of rotatable bonds is 4. The molecule has 0 atom stereocenters. The van der Waals surface area contributed by atoms with E-state index in [0.717, 1.165) is 37.2 Å². The van der Waals surface area contributed by atoms with E-state index in [1.807, 2.05) is 11.8 Å². The third kappa shape index (κ3) is 4.57. The molecule has 28 heavy (non-hydrogen) atoms. The van der Waals surface area contributed by atoms with Crippen LogP contribution >= 0.6 is 0 Å². The highest BCUT2D eigenvalue weighted by Gasteiger charge is 2.25. The topological polar surface area (TPSA) is 20.3 Å². The lowest BCUT2D eigenvalue weighted by molar-refractivity contribution is -0.113. The SMILES string of the molecule is CCCN1C/C(=C\c2ccc(F)c(F)c2)C(=O)/C(=C/c2ccc(F)c(F)c2)C1. The smallest absolute Gasteiger partial charge is 0.187 e. The van der Waals surface area contributed by atoms with Crippen molar-refractivity contribution in [3.8, 4) is 0 Å². The summed E-state index contributed by atoms with van der Waals surface area (Å²) in [5.41, 5.74) is 1.62. The standard InChI is InChI=1S/C22H19F4NO/c1-2-7-27-12-16(8-14-3-5-18(23)20(25)10-14)22(28)17(13-27)9-15-4-6-19(24)21(26)11-15/h3-6,8-11H,2,7,12-13H2,1H3/b16-8+,17-9+. The molecule has 2 aromatic carbocycles. The molecular formula is C22H19F4NO. The van der Waals surface area contributed by atoms with Gasteiger partial charge in [-0.1, -0.05) is 19.1 Å². The number of nitrogens with zero attached hydrogens (tertiary/aromatic N) is 1. The van der Waals surface area contributed by atoms with Crippen LogP contribution in [0.2, 0.25) is 0 Å². The predicted molar refractivity (Wildman–Crippen MR) is 100 cm³/mol. The molecule has 6 heteroatoms. The van der Waals surface area contributed by atoms with E-state index in [1.165, 1.54) is 24.3 Å². The molecule has 3 rings (SSSR count). The van der Waals surface area contributed by atoms with E-state index in [1.54, 1.807) is 0 Å². The highest BCUT2D eigenvalue weighted by atomic mass is 19.2. The van der Waals surface area contributed by atoms with Crippen molar-refractivity contribution in [1.29, 1.82) is 0 Å². The quantitative estimate of drug-likeness (QED) is 0.542. The number of benzene rings is 2. The molecule has 1 heterocycles. The van der Waals surface area contributed by atoms with Gasteiger partial charge in [0.2, 0.25) is 0 Å². The van der Waals surface area contributed by atoms with E-state index < -0.39 is 23.3 Å². The van der Waals surface area contributed by atoms with Crippen molar-refractivity contribution in [3.63, 3.8) is 0 Å². The summed E-state index contributed by atoms with van der Waals surface area (Å²) in [7, 11) is 0. The van der Waals surface area contributed by atoms with E-state index in [4.69, 9.17) is 0 Å². The maximum atomic E-state index is 13.5. The minimum atomic E-state index is -0.986. The van der Waals surface area contributed by atoms with Crippen LogP contribution in [0.5, 0.6) is 0 Å². The lowest BCUT2D eigenvalue weighted by Gasteiger charge is -2.29. The van der Waals surface area contributed by atoms with Crippen molar-refractivity contribution in [2.45, 2.75) is 13.3 Å². The molecule has 2 nitrogen and oxygen atoms in total. The molecule has 0 aromatic heterocycles. The van der Waals surface area contributed by atoms with Crippen LogP contribution in [-0.4, -0.2) is 30.3 Å². The first-order valence-corrected chi connectivity index (χ1v) is 8.95. The van der Waals surface area contributed by atoms with Crippen LogP contribution in [0, 0.1) is 23.3 Å². The summed E-state index contributed by atoms with van der Waals surface area (Å²) in [6, 6.07) is 6.89. The summed E-state index contributed by atoms with van der Waals surface area (Å²) in [4.78, 5) is 14.9. The fourth-order valence-electron chi connectivity index (χ4n) is 3.19. The Morgan fingerprint density at radius 1 is 0.821 bits per heavy atom. The molecular weight excluding hydrogens is 370 g/mol. The molecule has 0 spiro atoms. The van der Waals surface area contributed by atoms with Gasteiger partial charge in [-0.15, -0.1) is 0 Å². The van der Waals surface area contributed by atoms with Gasteiger partial charge >= 0.3 is 0 Å². The Bertz CT molecular complexity index is 892. The van der Waals surface area contributed by atoms with Gasteiger partial charge in [-0.2, -0.15) is 0 Å². The van der Waals surface area contributed by atoms with Crippen molar-refractivity contribution in [3.05, 3.63) is 81.9 Å². The third-order valence-corrected chi connectivity index (χ3v) is 4.48. The molecule has 1 aliphatic heterocycles. The average Bonchev–Trinajstić information content (AvgIpc) is 2.65. The highest BCUT2D eigenvalue weighted by molar-refractivity contribution is 6.14. The number of likely N-dealkylation sites (tertiary alicyclic amines) is 1. The average molecular weight is 389 g/mol. The van der Waals surface area contributed by atoms with E-state index in [2.05, 4.69) is 0 Å². The largest absolute Gasteiger partial charge is 0.295 e. The van der Waals surface area contributed by atoms with Gasteiger partial charge in [0.15, 0.2) is 29.1 Å². The first-order chi connectivity index (χ1) is 13.4. The molecule has 0 amide bonds. The molecule has 1 aliphatic rings. The summed E-state index contributed by atoms with van der Waals surface area (Å²) in [6.45, 7) is 3.49. The molecule has 146 valence electrons. The first-order valence-electron chi connectivity index (χ1n) is 8.95.